The number of amides is 1. The Morgan fingerprint density at radius 3 is 2.94 bits per heavy atom. The molecule has 0 atom stereocenters. The minimum atomic E-state index is -0.999. The lowest BCUT2D eigenvalue weighted by molar-refractivity contribution is 0.138. The van der Waals surface area contributed by atoms with Crippen molar-refractivity contribution in [1.29, 1.82) is 0 Å². The van der Waals surface area contributed by atoms with Crippen LogP contribution in [-0.4, -0.2) is 40.3 Å². The van der Waals surface area contributed by atoms with Crippen LogP contribution in [0.4, 0.5) is 4.79 Å². The summed E-state index contributed by atoms with van der Waals surface area (Å²) in [6.07, 6.45) is -0.999. The van der Waals surface area contributed by atoms with Crippen LogP contribution in [0.2, 0.25) is 0 Å². The highest BCUT2D eigenvalue weighted by molar-refractivity contribution is 6.00. The number of carboxylic acid groups (broad SMARTS) is 1. The van der Waals surface area contributed by atoms with Gasteiger partial charge in [-0.25, -0.2) is 4.79 Å². The molecule has 1 heterocycles. The molecule has 1 amide bonds. The molecule has 0 bridgehead atoms. The van der Waals surface area contributed by atoms with Gasteiger partial charge in [0.25, 0.3) is 0 Å². The molecule has 0 spiro atoms. The molecule has 7 nitrogen and oxygen atoms in total. The van der Waals surface area contributed by atoms with E-state index in [0.29, 0.717) is 16.9 Å². The first-order valence-corrected chi connectivity index (χ1v) is 5.34. The first-order valence-electron chi connectivity index (χ1n) is 5.34. The minimum Gasteiger partial charge on any atom is -0.491 e. The van der Waals surface area contributed by atoms with E-state index in [9.17, 15) is 4.79 Å². The second kappa shape index (κ2) is 4.82. The summed E-state index contributed by atoms with van der Waals surface area (Å²) in [5, 5.41) is 20.6. The minimum absolute atomic E-state index is 0.0596. The van der Waals surface area contributed by atoms with Crippen LogP contribution in [0.5, 0.6) is 5.75 Å². The predicted octanol–water partition coefficient (Wildman–Crippen LogP) is 0.653. The Hall–Kier alpha value is -2.44. The third kappa shape index (κ3) is 2.15. The van der Waals surface area contributed by atoms with Gasteiger partial charge in [-0.1, -0.05) is 17.3 Å². The fourth-order valence-corrected chi connectivity index (χ4v) is 1.84. The Morgan fingerprint density at radius 2 is 2.28 bits per heavy atom. The monoisotopic (exact) mass is 251 g/mol. The number of rotatable bonds is 1. The van der Waals surface area contributed by atoms with Gasteiger partial charge in [0.1, 0.15) is 12.4 Å². The number of ether oxygens (including phenoxy) is 1. The molecule has 0 aromatic heterocycles. The van der Waals surface area contributed by atoms with E-state index in [2.05, 4.69) is 5.16 Å². The Labute approximate surface area is 103 Å². The van der Waals surface area contributed by atoms with Crippen LogP contribution in [0.3, 0.4) is 0 Å². The van der Waals surface area contributed by atoms with Gasteiger partial charge in [0.2, 0.25) is 0 Å². The van der Waals surface area contributed by atoms with Crippen LogP contribution in [0.15, 0.2) is 23.4 Å². The molecule has 1 aromatic rings. The maximum absolute atomic E-state index is 11.0. The quantitative estimate of drug-likeness (QED) is 0.294. The van der Waals surface area contributed by atoms with Crippen LogP contribution in [0, 0.1) is 0 Å². The Bertz CT molecular complexity index is 501. The summed E-state index contributed by atoms with van der Waals surface area (Å²) in [5.74, 6) is 0.409. The fraction of sp³-hybridized carbons (Fsp3) is 0.273. The second-order valence-electron chi connectivity index (χ2n) is 3.83. The molecule has 1 aliphatic heterocycles. The molecule has 1 aromatic carbocycles. The van der Waals surface area contributed by atoms with Gasteiger partial charge in [-0.2, -0.15) is 0 Å². The molecule has 7 heteroatoms. The van der Waals surface area contributed by atoms with E-state index in [1.165, 1.54) is 4.90 Å². The SMILES string of the molecule is NC(=NO)c1cccc2c1OCCN(C(=O)O)C2. The number of benzene rings is 1. The first kappa shape index (κ1) is 12.0. The summed E-state index contributed by atoms with van der Waals surface area (Å²) in [6.45, 7) is 0.728. The highest BCUT2D eigenvalue weighted by Gasteiger charge is 2.22. The molecule has 0 saturated heterocycles. The van der Waals surface area contributed by atoms with Crippen molar-refractivity contribution in [3.8, 4) is 5.75 Å². The van der Waals surface area contributed by atoms with E-state index in [0.717, 1.165) is 0 Å². The van der Waals surface area contributed by atoms with Gasteiger partial charge in [0.15, 0.2) is 5.84 Å². The highest BCUT2D eigenvalue weighted by Crippen LogP contribution is 2.27. The van der Waals surface area contributed by atoms with Crippen molar-refractivity contribution in [2.24, 2.45) is 10.9 Å². The van der Waals surface area contributed by atoms with Gasteiger partial charge in [-0.05, 0) is 6.07 Å². The Kier molecular flexibility index (Phi) is 3.22. The van der Waals surface area contributed by atoms with E-state index >= 15 is 0 Å². The highest BCUT2D eigenvalue weighted by atomic mass is 16.5. The fourth-order valence-electron chi connectivity index (χ4n) is 1.84. The van der Waals surface area contributed by atoms with E-state index in [4.69, 9.17) is 20.8 Å². The average molecular weight is 251 g/mol. The lowest BCUT2D eigenvalue weighted by Gasteiger charge is -2.15. The molecule has 4 N–H and O–H groups in total. The topological polar surface area (TPSA) is 108 Å². The molecule has 2 rings (SSSR count). The lowest BCUT2D eigenvalue weighted by Crippen LogP contribution is -2.30. The molecule has 0 aliphatic carbocycles. The number of carbonyl (C=O) groups is 1. The van der Waals surface area contributed by atoms with Gasteiger partial charge in [0.05, 0.1) is 18.7 Å². The first-order chi connectivity index (χ1) is 8.63. The molecule has 96 valence electrons. The van der Waals surface area contributed by atoms with Crippen molar-refractivity contribution in [2.45, 2.75) is 6.54 Å². The lowest BCUT2D eigenvalue weighted by atomic mass is 10.1. The van der Waals surface area contributed by atoms with Crippen molar-refractivity contribution in [1.82, 2.24) is 4.90 Å². The number of oxime groups is 1. The molecular weight excluding hydrogens is 238 g/mol. The number of hydrogen-bond donors (Lipinski definition) is 3. The zero-order chi connectivity index (χ0) is 13.1. The number of nitrogens with two attached hydrogens (primary N) is 1. The van der Waals surface area contributed by atoms with Crippen LogP contribution >= 0.6 is 0 Å². The number of hydrogen-bond acceptors (Lipinski definition) is 4. The van der Waals surface area contributed by atoms with Crippen LogP contribution in [0.25, 0.3) is 0 Å². The zero-order valence-electron chi connectivity index (χ0n) is 9.54. The van der Waals surface area contributed by atoms with E-state index in [1.807, 2.05) is 0 Å². The molecule has 0 saturated carbocycles. The molecule has 1 aliphatic rings. The maximum atomic E-state index is 11.0. The van der Waals surface area contributed by atoms with Gasteiger partial charge in [0, 0.05) is 5.56 Å². The predicted molar refractivity (Wildman–Crippen MR) is 62.9 cm³/mol. The Balaban J connectivity index is 2.42. The summed E-state index contributed by atoms with van der Waals surface area (Å²) in [7, 11) is 0. The van der Waals surface area contributed by atoms with Gasteiger partial charge >= 0.3 is 6.09 Å². The normalized spacial score (nSPS) is 15.6. The van der Waals surface area contributed by atoms with Crippen molar-refractivity contribution in [3.05, 3.63) is 29.3 Å². The summed E-state index contributed by atoms with van der Waals surface area (Å²) >= 11 is 0. The van der Waals surface area contributed by atoms with Crippen LogP contribution < -0.4 is 10.5 Å². The zero-order valence-corrected chi connectivity index (χ0v) is 9.54. The number of para-hydroxylation sites is 1. The van der Waals surface area contributed by atoms with E-state index < -0.39 is 6.09 Å². The van der Waals surface area contributed by atoms with Gasteiger partial charge in [-0.3, -0.25) is 0 Å². The molecule has 0 fully saturated rings. The summed E-state index contributed by atoms with van der Waals surface area (Å²) in [6, 6.07) is 5.12. The van der Waals surface area contributed by atoms with Gasteiger partial charge < -0.3 is 25.7 Å². The van der Waals surface area contributed by atoms with Crippen molar-refractivity contribution < 1.29 is 19.8 Å². The standard InChI is InChI=1S/C11H13N3O4/c12-10(13-17)8-3-1-2-7-6-14(11(15)16)4-5-18-9(7)8/h1-3,17H,4-6H2,(H2,12,13)(H,15,16). The maximum Gasteiger partial charge on any atom is 0.407 e. The number of fused-ring (bicyclic) bond motifs is 1. The average Bonchev–Trinajstić information content (AvgIpc) is 2.59. The van der Waals surface area contributed by atoms with Gasteiger partial charge in [-0.15, -0.1) is 0 Å². The summed E-state index contributed by atoms with van der Waals surface area (Å²) < 4.78 is 5.51. The molecule has 0 unspecified atom stereocenters. The molecule has 18 heavy (non-hydrogen) atoms. The summed E-state index contributed by atoms with van der Waals surface area (Å²) in [4.78, 5) is 12.2. The van der Waals surface area contributed by atoms with Crippen LogP contribution in [-0.2, 0) is 6.54 Å². The van der Waals surface area contributed by atoms with E-state index in [-0.39, 0.29) is 25.5 Å². The van der Waals surface area contributed by atoms with Crippen molar-refractivity contribution >= 4 is 11.9 Å². The number of amidine groups is 1. The third-order valence-corrected chi connectivity index (χ3v) is 2.72. The van der Waals surface area contributed by atoms with Crippen LogP contribution in [0.1, 0.15) is 11.1 Å². The third-order valence-electron chi connectivity index (χ3n) is 2.72. The molecule has 0 radical (unpaired) electrons. The van der Waals surface area contributed by atoms with Crippen molar-refractivity contribution in [3.63, 3.8) is 0 Å². The van der Waals surface area contributed by atoms with Crippen molar-refractivity contribution in [2.75, 3.05) is 13.2 Å². The van der Waals surface area contributed by atoms with E-state index in [1.54, 1.807) is 18.2 Å². The molecular formula is C11H13N3O4. The summed E-state index contributed by atoms with van der Waals surface area (Å²) in [5.41, 5.74) is 6.71. The second-order valence-corrected chi connectivity index (χ2v) is 3.83. The smallest absolute Gasteiger partial charge is 0.407 e. The number of nitrogens with zero attached hydrogens (tertiary/aromatic N) is 2. The largest absolute Gasteiger partial charge is 0.491 e. The Morgan fingerprint density at radius 1 is 1.50 bits per heavy atom.